The van der Waals surface area contributed by atoms with Crippen molar-refractivity contribution in [1.29, 1.82) is 0 Å². The third-order valence-corrected chi connectivity index (χ3v) is 0.624. The smallest absolute Gasteiger partial charge is 0.165 e. The summed E-state index contributed by atoms with van der Waals surface area (Å²) in [7, 11) is -1.68. The average molecular weight is 129 g/mol. The molecule has 1 nitrogen and oxygen atoms in total. The molecule has 0 fully saturated rings. The van der Waals surface area contributed by atoms with Gasteiger partial charge in [-0.1, -0.05) is 4.57 Å². The Labute approximate surface area is 39.0 Å². The van der Waals surface area contributed by atoms with E-state index in [0.717, 1.165) is 0 Å². The highest BCUT2D eigenvalue weighted by Gasteiger charge is 2.10. The lowest BCUT2D eigenvalue weighted by Crippen LogP contribution is -1.55. The van der Waals surface area contributed by atoms with Gasteiger partial charge in [-0.05, 0) is 0 Å². The van der Waals surface area contributed by atoms with Crippen LogP contribution in [-0.4, -0.2) is 0 Å². The van der Waals surface area contributed by atoms with Gasteiger partial charge in [-0.15, -0.1) is 4.39 Å². The maximum atomic E-state index is 11.1. The van der Waals surface area contributed by atoms with Gasteiger partial charge in [0.1, 0.15) is 0 Å². The quantitative estimate of drug-likeness (QED) is 0.495. The van der Waals surface area contributed by atoms with E-state index in [1.165, 1.54) is 0 Å². The van der Waals surface area contributed by atoms with E-state index in [2.05, 4.69) is 0 Å². The van der Waals surface area contributed by atoms with Crippen LogP contribution >= 0.6 is 8.46 Å². The van der Waals surface area contributed by atoms with Crippen LogP contribution in [0.3, 0.4) is 0 Å². The summed E-state index contributed by atoms with van der Waals surface area (Å²) in [5.41, 5.74) is -1.85. The van der Waals surface area contributed by atoms with Crippen LogP contribution in [0.2, 0.25) is 0 Å². The summed E-state index contributed by atoms with van der Waals surface area (Å²) in [6.07, 6.45) is -2.51. The summed E-state index contributed by atoms with van der Waals surface area (Å²) in [6, 6.07) is 0. The van der Waals surface area contributed by atoms with Gasteiger partial charge in [-0.2, -0.15) is 8.78 Å². The molecule has 0 aromatic carbocycles. The summed E-state index contributed by atoms with van der Waals surface area (Å²) >= 11 is 0. The molecule has 0 aliphatic rings. The van der Waals surface area contributed by atoms with E-state index in [0.29, 0.717) is 0 Å². The van der Waals surface area contributed by atoms with E-state index in [1.807, 2.05) is 0 Å². The zero-order valence-corrected chi connectivity index (χ0v) is 4.04. The fourth-order valence-electron chi connectivity index (χ4n) is 0.0386. The molecule has 0 aliphatic carbocycles. The number of rotatable bonds is 1. The van der Waals surface area contributed by atoms with Crippen molar-refractivity contribution < 1.29 is 17.7 Å². The molecule has 0 rings (SSSR count). The molecule has 0 bridgehead atoms. The Hall–Kier alpha value is -0.370. The monoisotopic (exact) mass is 129 g/mol. The van der Waals surface area contributed by atoms with E-state index < -0.39 is 20.1 Å². The summed E-state index contributed by atoms with van der Waals surface area (Å²) in [6.45, 7) is 0. The van der Waals surface area contributed by atoms with Gasteiger partial charge in [0.05, 0.1) is 0 Å². The molecule has 0 saturated heterocycles. The third-order valence-electron chi connectivity index (χ3n) is 0.256. The lowest BCUT2D eigenvalue weighted by Gasteiger charge is -1.64. The first-order valence-corrected chi connectivity index (χ1v) is 2.18. The minimum atomic E-state index is -2.51. The molecule has 0 N–H and O–H groups in total. The van der Waals surface area contributed by atoms with Gasteiger partial charge in [0.15, 0.2) is 0 Å². The lowest BCUT2D eigenvalue weighted by molar-refractivity contribution is 0.393. The van der Waals surface area contributed by atoms with Crippen molar-refractivity contribution in [3.8, 4) is 0 Å². The largest absolute Gasteiger partial charge is 0.399 e. The minimum Gasteiger partial charge on any atom is -0.165 e. The van der Waals surface area contributed by atoms with E-state index in [1.54, 1.807) is 0 Å². The maximum absolute atomic E-state index is 11.1. The van der Waals surface area contributed by atoms with Crippen LogP contribution in [0.4, 0.5) is 13.2 Å². The molecule has 0 aliphatic heterocycles. The standard InChI is InChI=1S/C2F3OP/c3-1(4)2(5)7-6/p+1. The zero-order chi connectivity index (χ0) is 5.86. The highest BCUT2D eigenvalue weighted by Crippen LogP contribution is 2.19. The molecule has 0 heterocycles. The Bertz CT molecular complexity index is 106. The first kappa shape index (κ1) is 6.63. The van der Waals surface area contributed by atoms with Gasteiger partial charge < -0.3 is 0 Å². The second-order valence-electron chi connectivity index (χ2n) is 0.676. The predicted molar refractivity (Wildman–Crippen MR) is 19.4 cm³/mol. The van der Waals surface area contributed by atoms with Crippen LogP contribution in [0.15, 0.2) is 11.6 Å². The highest BCUT2D eigenvalue weighted by molar-refractivity contribution is 7.28. The van der Waals surface area contributed by atoms with Crippen molar-refractivity contribution >= 4 is 8.46 Å². The average Bonchev–Trinajstić information content (AvgIpc) is 1.65. The number of hydrogen-bond acceptors (Lipinski definition) is 1. The van der Waals surface area contributed by atoms with Gasteiger partial charge in [0.2, 0.25) is 0 Å². The fraction of sp³-hybridized carbons (Fsp3) is 0. The predicted octanol–water partition coefficient (Wildman–Crippen LogP) is 2.05. The SMILES string of the molecule is O=[PH+]C(F)=C(F)F. The third kappa shape index (κ3) is 2.34. The van der Waals surface area contributed by atoms with Gasteiger partial charge in [-0.25, -0.2) is 0 Å². The Morgan fingerprint density at radius 1 is 1.29 bits per heavy atom. The Morgan fingerprint density at radius 3 is 1.71 bits per heavy atom. The number of hydrogen-bond donors (Lipinski definition) is 0. The molecule has 0 aromatic rings. The zero-order valence-electron chi connectivity index (χ0n) is 3.04. The van der Waals surface area contributed by atoms with Gasteiger partial charge in [0.25, 0.3) is 0 Å². The maximum Gasteiger partial charge on any atom is 0.399 e. The highest BCUT2D eigenvalue weighted by atomic mass is 31.1. The molecule has 5 heteroatoms. The van der Waals surface area contributed by atoms with Crippen molar-refractivity contribution in [3.05, 3.63) is 11.6 Å². The summed E-state index contributed by atoms with van der Waals surface area (Å²) in [5, 5.41) is 0. The van der Waals surface area contributed by atoms with Crippen molar-refractivity contribution in [2.75, 3.05) is 0 Å². The summed E-state index contributed by atoms with van der Waals surface area (Å²) < 4.78 is 41.8. The molecule has 40 valence electrons. The van der Waals surface area contributed by atoms with Crippen LogP contribution in [-0.2, 0) is 4.57 Å². The van der Waals surface area contributed by atoms with Crippen LogP contribution in [0.5, 0.6) is 0 Å². The Kier molecular flexibility index (Phi) is 2.60. The normalized spacial score (nSPS) is 9.00. The second-order valence-corrected chi connectivity index (χ2v) is 1.32. The lowest BCUT2D eigenvalue weighted by atomic mass is 11.1. The minimum absolute atomic E-state index is 1.68. The van der Waals surface area contributed by atoms with Crippen LogP contribution in [0, 0.1) is 0 Å². The van der Waals surface area contributed by atoms with Crippen LogP contribution in [0.1, 0.15) is 0 Å². The summed E-state index contributed by atoms with van der Waals surface area (Å²) in [5.74, 6) is 0. The molecule has 1 atom stereocenters. The van der Waals surface area contributed by atoms with Crippen molar-refractivity contribution in [2.45, 2.75) is 0 Å². The first-order chi connectivity index (χ1) is 3.18. The molecule has 0 amide bonds. The van der Waals surface area contributed by atoms with E-state index in [9.17, 15) is 17.7 Å². The molecule has 0 saturated carbocycles. The molecular formula is C2HF3OP+. The van der Waals surface area contributed by atoms with Crippen LogP contribution in [0.25, 0.3) is 0 Å². The van der Waals surface area contributed by atoms with Gasteiger partial charge in [0, 0.05) is 0 Å². The first-order valence-electron chi connectivity index (χ1n) is 1.27. The molecule has 0 aromatic heterocycles. The van der Waals surface area contributed by atoms with E-state index >= 15 is 0 Å². The van der Waals surface area contributed by atoms with E-state index in [4.69, 9.17) is 0 Å². The second kappa shape index (κ2) is 2.75. The molecule has 1 unspecified atom stereocenters. The van der Waals surface area contributed by atoms with Crippen molar-refractivity contribution in [1.82, 2.24) is 0 Å². The van der Waals surface area contributed by atoms with Gasteiger partial charge in [-0.3, -0.25) is 0 Å². The van der Waals surface area contributed by atoms with Crippen molar-refractivity contribution in [2.24, 2.45) is 0 Å². The molecule has 7 heavy (non-hydrogen) atoms. The van der Waals surface area contributed by atoms with E-state index in [-0.39, 0.29) is 0 Å². The molecule has 0 spiro atoms. The Balaban J connectivity index is 3.98. The fourth-order valence-corrected chi connectivity index (χ4v) is 0.116. The summed E-state index contributed by atoms with van der Waals surface area (Å²) in [4.78, 5) is 0. The Morgan fingerprint density at radius 2 is 1.71 bits per heavy atom. The number of halogens is 3. The molecular weight excluding hydrogens is 128 g/mol. The van der Waals surface area contributed by atoms with Crippen molar-refractivity contribution in [3.63, 3.8) is 0 Å². The van der Waals surface area contributed by atoms with Crippen LogP contribution < -0.4 is 0 Å². The molecule has 0 radical (unpaired) electrons. The topological polar surface area (TPSA) is 17.1 Å². The van der Waals surface area contributed by atoms with Gasteiger partial charge >= 0.3 is 20.1 Å².